The summed E-state index contributed by atoms with van der Waals surface area (Å²) in [5, 5.41) is 0. The van der Waals surface area contributed by atoms with Crippen LogP contribution in [0.25, 0.3) is 0 Å². The molecule has 1 rings (SSSR count). The lowest BCUT2D eigenvalue weighted by Gasteiger charge is -2.18. The van der Waals surface area contributed by atoms with E-state index in [-0.39, 0.29) is 10.2 Å². The summed E-state index contributed by atoms with van der Waals surface area (Å²) >= 11 is 2.78. The number of hydrogen-bond donors (Lipinski definition) is 0. The van der Waals surface area contributed by atoms with Crippen LogP contribution < -0.4 is 4.74 Å². The maximum Gasteiger partial charge on any atom is 0.461 e. The van der Waals surface area contributed by atoms with Crippen LogP contribution in [0.15, 0.2) is 22.7 Å². The summed E-state index contributed by atoms with van der Waals surface area (Å²) in [5.74, 6) is -7.49. The van der Waals surface area contributed by atoms with Crippen molar-refractivity contribution in [1.29, 1.82) is 0 Å². The lowest BCUT2D eigenvalue weighted by atomic mass is 10.1. The molecule has 1 aromatic carbocycles. The Balaban J connectivity index is 3.14. The molecule has 8 heteroatoms. The first-order valence-electron chi connectivity index (χ1n) is 5.03. The van der Waals surface area contributed by atoms with Gasteiger partial charge in [-0.2, -0.15) is 22.0 Å². The molecule has 0 atom stereocenters. The summed E-state index contributed by atoms with van der Waals surface area (Å²) < 4.78 is 66.9. The second kappa shape index (κ2) is 5.44. The number of carbonyl (C=O) groups excluding carboxylic acids is 1. The first kappa shape index (κ1) is 15.9. The monoisotopic (exact) mass is 346 g/mol. The molecule has 0 aliphatic rings. The lowest BCUT2D eigenvalue weighted by molar-refractivity contribution is -0.255. The Morgan fingerprint density at radius 1 is 1.26 bits per heavy atom. The van der Waals surface area contributed by atoms with Crippen molar-refractivity contribution in [2.24, 2.45) is 0 Å². The standard InChI is InChI=1S/C11H8BrF5O2/c1-2-19-6-3-4-7(8(12)5-6)9(18)10(13,14)11(15,16)17/h3-5H,2H2,1H3. The molecule has 0 aromatic heterocycles. The van der Waals surface area contributed by atoms with Crippen LogP contribution in [0.2, 0.25) is 0 Å². The fourth-order valence-electron chi connectivity index (χ4n) is 1.23. The molecule has 0 heterocycles. The molecule has 0 N–H and O–H groups in total. The second-order valence-corrected chi connectivity index (χ2v) is 4.33. The van der Waals surface area contributed by atoms with Gasteiger partial charge in [-0.05, 0) is 41.1 Å². The summed E-state index contributed by atoms with van der Waals surface area (Å²) in [6, 6.07) is 3.16. The highest BCUT2D eigenvalue weighted by Gasteiger charge is 2.63. The molecular weight excluding hydrogens is 339 g/mol. The van der Waals surface area contributed by atoms with Crippen molar-refractivity contribution < 1.29 is 31.5 Å². The molecular formula is C11H8BrF5O2. The molecule has 0 amide bonds. The molecule has 1 aromatic rings. The van der Waals surface area contributed by atoms with Gasteiger partial charge >= 0.3 is 12.1 Å². The van der Waals surface area contributed by atoms with Crippen LogP contribution in [0.5, 0.6) is 5.75 Å². The molecule has 2 nitrogen and oxygen atoms in total. The zero-order chi connectivity index (χ0) is 14.8. The summed E-state index contributed by atoms with van der Waals surface area (Å²) in [7, 11) is 0. The lowest BCUT2D eigenvalue weighted by Crippen LogP contribution is -2.44. The first-order valence-corrected chi connectivity index (χ1v) is 5.82. The Bertz CT molecular complexity index is 484. The minimum Gasteiger partial charge on any atom is -0.494 e. The van der Waals surface area contributed by atoms with Gasteiger partial charge in [0.2, 0.25) is 5.78 Å². The maximum atomic E-state index is 12.9. The van der Waals surface area contributed by atoms with Crippen LogP contribution in [0, 0.1) is 0 Å². The molecule has 0 fully saturated rings. The highest BCUT2D eigenvalue weighted by atomic mass is 79.9. The van der Waals surface area contributed by atoms with Gasteiger partial charge in [-0.15, -0.1) is 0 Å². The minimum atomic E-state index is -5.93. The van der Waals surface area contributed by atoms with Gasteiger partial charge in [0.05, 0.1) is 6.61 Å². The van der Waals surface area contributed by atoms with Gasteiger partial charge < -0.3 is 4.74 Å². The Kier molecular flexibility index (Phi) is 4.54. The molecule has 0 saturated heterocycles. The quantitative estimate of drug-likeness (QED) is 0.602. The van der Waals surface area contributed by atoms with Gasteiger partial charge in [-0.25, -0.2) is 0 Å². The van der Waals surface area contributed by atoms with Crippen molar-refractivity contribution in [1.82, 2.24) is 0 Å². The molecule has 0 spiro atoms. The van der Waals surface area contributed by atoms with Gasteiger partial charge in [0.1, 0.15) is 5.75 Å². The number of ketones is 1. The molecule has 0 aliphatic carbocycles. The average Bonchev–Trinajstić information content (AvgIpc) is 2.27. The fourth-order valence-corrected chi connectivity index (χ4v) is 1.77. The van der Waals surface area contributed by atoms with E-state index in [1.165, 1.54) is 0 Å². The fraction of sp³-hybridized carbons (Fsp3) is 0.364. The molecule has 0 radical (unpaired) electrons. The normalized spacial score (nSPS) is 12.4. The smallest absolute Gasteiger partial charge is 0.461 e. The van der Waals surface area contributed by atoms with E-state index in [9.17, 15) is 26.7 Å². The predicted molar refractivity (Wildman–Crippen MR) is 60.6 cm³/mol. The van der Waals surface area contributed by atoms with E-state index in [0.717, 1.165) is 18.2 Å². The van der Waals surface area contributed by atoms with Crippen LogP contribution >= 0.6 is 15.9 Å². The SMILES string of the molecule is CCOc1ccc(C(=O)C(F)(F)C(F)(F)F)c(Br)c1. The van der Waals surface area contributed by atoms with Gasteiger partial charge in [0.15, 0.2) is 0 Å². The van der Waals surface area contributed by atoms with Crippen LogP contribution in [0.1, 0.15) is 17.3 Å². The first-order chi connectivity index (χ1) is 8.61. The number of Topliss-reactive ketones (excluding diaryl/α,β-unsaturated/α-hetero) is 1. The van der Waals surface area contributed by atoms with E-state index in [2.05, 4.69) is 15.9 Å². The summed E-state index contributed by atoms with van der Waals surface area (Å²) in [5.41, 5.74) is -0.759. The predicted octanol–water partition coefficient (Wildman–Crippen LogP) is 4.23. The van der Waals surface area contributed by atoms with Gasteiger partial charge in [-0.3, -0.25) is 4.79 Å². The number of ether oxygens (including phenoxy) is 1. The molecule has 0 bridgehead atoms. The highest BCUT2D eigenvalue weighted by Crippen LogP contribution is 2.39. The van der Waals surface area contributed by atoms with Crippen LogP contribution in [-0.4, -0.2) is 24.5 Å². The number of alkyl halides is 5. The maximum absolute atomic E-state index is 12.9. The zero-order valence-electron chi connectivity index (χ0n) is 9.52. The van der Waals surface area contributed by atoms with Crippen molar-refractivity contribution in [3.8, 4) is 5.75 Å². The number of rotatable bonds is 4. The van der Waals surface area contributed by atoms with Gasteiger partial charge in [0, 0.05) is 10.0 Å². The van der Waals surface area contributed by atoms with Crippen molar-refractivity contribution in [3.05, 3.63) is 28.2 Å². The van der Waals surface area contributed by atoms with E-state index >= 15 is 0 Å². The minimum absolute atomic E-state index is 0.188. The van der Waals surface area contributed by atoms with Crippen molar-refractivity contribution in [2.75, 3.05) is 6.61 Å². The van der Waals surface area contributed by atoms with Crippen molar-refractivity contribution in [3.63, 3.8) is 0 Å². The van der Waals surface area contributed by atoms with Gasteiger partial charge in [0.25, 0.3) is 0 Å². The molecule has 106 valence electrons. The third kappa shape index (κ3) is 3.23. The van der Waals surface area contributed by atoms with E-state index in [1.54, 1.807) is 6.92 Å². The molecule has 0 saturated carbocycles. The highest BCUT2D eigenvalue weighted by molar-refractivity contribution is 9.10. The Hall–Kier alpha value is -1.18. The Labute approximate surface area is 113 Å². The van der Waals surface area contributed by atoms with Crippen molar-refractivity contribution in [2.45, 2.75) is 19.0 Å². The molecule has 0 unspecified atom stereocenters. The van der Waals surface area contributed by atoms with E-state index in [4.69, 9.17) is 4.74 Å². The van der Waals surface area contributed by atoms with E-state index in [0.29, 0.717) is 6.61 Å². The van der Waals surface area contributed by atoms with Crippen LogP contribution in [0.3, 0.4) is 0 Å². The third-order valence-corrected chi connectivity index (χ3v) is 2.79. The zero-order valence-corrected chi connectivity index (χ0v) is 11.1. The third-order valence-electron chi connectivity index (χ3n) is 2.14. The average molecular weight is 347 g/mol. The van der Waals surface area contributed by atoms with E-state index in [1.807, 2.05) is 0 Å². The second-order valence-electron chi connectivity index (χ2n) is 3.48. The van der Waals surface area contributed by atoms with Crippen molar-refractivity contribution >= 4 is 21.7 Å². The summed E-state index contributed by atoms with van der Waals surface area (Å²) in [4.78, 5) is 11.3. The topological polar surface area (TPSA) is 26.3 Å². The van der Waals surface area contributed by atoms with Crippen LogP contribution in [-0.2, 0) is 0 Å². The molecule has 19 heavy (non-hydrogen) atoms. The summed E-state index contributed by atoms with van der Waals surface area (Å²) in [6.45, 7) is 1.96. The Morgan fingerprint density at radius 2 is 1.84 bits per heavy atom. The van der Waals surface area contributed by atoms with E-state index < -0.39 is 23.4 Å². The number of benzene rings is 1. The largest absolute Gasteiger partial charge is 0.494 e. The number of hydrogen-bond acceptors (Lipinski definition) is 2. The number of halogens is 6. The van der Waals surface area contributed by atoms with Crippen LogP contribution in [0.4, 0.5) is 22.0 Å². The summed E-state index contributed by atoms with van der Waals surface area (Å²) in [6.07, 6.45) is -5.93. The number of carbonyl (C=O) groups is 1. The Morgan fingerprint density at radius 3 is 2.26 bits per heavy atom. The van der Waals surface area contributed by atoms with Gasteiger partial charge in [-0.1, -0.05) is 0 Å². The molecule has 0 aliphatic heterocycles.